The molecule has 0 radical (unpaired) electrons. The van der Waals surface area contributed by atoms with Crippen LogP contribution in [0.5, 0.6) is 0 Å². The van der Waals surface area contributed by atoms with Crippen molar-refractivity contribution in [2.45, 2.75) is 25.4 Å². The molecular formula is C19H19IN2O2. The van der Waals surface area contributed by atoms with Crippen LogP contribution in [-0.4, -0.2) is 29.8 Å². The summed E-state index contributed by atoms with van der Waals surface area (Å²) in [6.07, 6.45) is 2.12. The highest BCUT2D eigenvalue weighted by atomic mass is 127. The van der Waals surface area contributed by atoms with Gasteiger partial charge in [0.05, 0.1) is 5.56 Å². The summed E-state index contributed by atoms with van der Waals surface area (Å²) in [7, 11) is 1.62. The Balaban J connectivity index is 1.79. The molecule has 0 atom stereocenters. The molecule has 2 aromatic rings. The van der Waals surface area contributed by atoms with Gasteiger partial charge in [-0.1, -0.05) is 24.3 Å². The fraction of sp³-hybridized carbons (Fsp3) is 0.263. The summed E-state index contributed by atoms with van der Waals surface area (Å²) in [5.74, 6) is -0.0200. The molecule has 0 aliphatic heterocycles. The molecule has 3 rings (SSSR count). The van der Waals surface area contributed by atoms with E-state index in [1.54, 1.807) is 19.2 Å². The van der Waals surface area contributed by atoms with Gasteiger partial charge in [0, 0.05) is 28.8 Å². The average molecular weight is 434 g/mol. The van der Waals surface area contributed by atoms with E-state index in [4.69, 9.17) is 0 Å². The van der Waals surface area contributed by atoms with Gasteiger partial charge in [-0.15, -0.1) is 0 Å². The Labute approximate surface area is 155 Å². The third-order valence-corrected chi connectivity index (χ3v) is 5.09. The lowest BCUT2D eigenvalue weighted by Gasteiger charge is -2.23. The van der Waals surface area contributed by atoms with Crippen LogP contribution >= 0.6 is 22.6 Å². The first-order valence-electron chi connectivity index (χ1n) is 7.96. The second-order valence-electron chi connectivity index (χ2n) is 5.92. The van der Waals surface area contributed by atoms with Crippen LogP contribution in [0.2, 0.25) is 0 Å². The van der Waals surface area contributed by atoms with Gasteiger partial charge in [-0.25, -0.2) is 0 Å². The molecule has 0 heterocycles. The highest BCUT2D eigenvalue weighted by molar-refractivity contribution is 14.1. The molecule has 0 aromatic heterocycles. The molecule has 1 fully saturated rings. The normalized spacial score (nSPS) is 13.4. The Bertz CT molecular complexity index is 754. The van der Waals surface area contributed by atoms with Gasteiger partial charge in [0.1, 0.15) is 0 Å². The fourth-order valence-electron chi connectivity index (χ4n) is 2.64. The number of benzene rings is 2. The Kier molecular flexibility index (Phi) is 5.18. The number of halogens is 1. The van der Waals surface area contributed by atoms with Crippen LogP contribution in [0.4, 0.5) is 0 Å². The standard InChI is InChI=1S/C19H19IN2O2/c1-21-18(23)14-8-6-13(7-9-14)12-22(15-10-11-15)19(24)16-4-2-3-5-17(16)20/h2-9,15H,10-12H2,1H3,(H,21,23). The van der Waals surface area contributed by atoms with Crippen molar-refractivity contribution in [1.29, 1.82) is 0 Å². The van der Waals surface area contributed by atoms with Gasteiger partial charge in [0.15, 0.2) is 0 Å². The molecule has 1 saturated carbocycles. The Morgan fingerprint density at radius 3 is 2.38 bits per heavy atom. The zero-order valence-electron chi connectivity index (χ0n) is 13.5. The molecule has 24 heavy (non-hydrogen) atoms. The van der Waals surface area contributed by atoms with Crippen molar-refractivity contribution >= 4 is 34.4 Å². The first kappa shape index (κ1) is 17.0. The maximum Gasteiger partial charge on any atom is 0.255 e. The highest BCUT2D eigenvalue weighted by Gasteiger charge is 2.33. The largest absolute Gasteiger partial charge is 0.355 e. The lowest BCUT2D eigenvalue weighted by molar-refractivity contribution is 0.0728. The van der Waals surface area contributed by atoms with E-state index in [9.17, 15) is 9.59 Å². The summed E-state index contributed by atoms with van der Waals surface area (Å²) < 4.78 is 0.973. The number of carbonyl (C=O) groups is 2. The van der Waals surface area contributed by atoms with Crippen LogP contribution in [0.3, 0.4) is 0 Å². The predicted octanol–water partition coefficient (Wildman–Crippen LogP) is 3.46. The van der Waals surface area contributed by atoms with E-state index in [2.05, 4.69) is 27.9 Å². The van der Waals surface area contributed by atoms with E-state index in [-0.39, 0.29) is 11.8 Å². The fourth-order valence-corrected chi connectivity index (χ4v) is 3.26. The number of hydrogen-bond acceptors (Lipinski definition) is 2. The van der Waals surface area contributed by atoms with Gasteiger partial charge in [-0.2, -0.15) is 0 Å². The van der Waals surface area contributed by atoms with E-state index < -0.39 is 0 Å². The van der Waals surface area contributed by atoms with Crippen molar-refractivity contribution in [1.82, 2.24) is 10.2 Å². The van der Waals surface area contributed by atoms with Crippen molar-refractivity contribution in [2.24, 2.45) is 0 Å². The van der Waals surface area contributed by atoms with Crippen molar-refractivity contribution < 1.29 is 9.59 Å². The maximum atomic E-state index is 12.9. The van der Waals surface area contributed by atoms with Crippen LogP contribution in [0.1, 0.15) is 39.1 Å². The molecule has 5 heteroatoms. The first-order chi connectivity index (χ1) is 11.6. The van der Waals surface area contributed by atoms with Gasteiger partial charge >= 0.3 is 0 Å². The van der Waals surface area contributed by atoms with Crippen LogP contribution in [-0.2, 0) is 6.54 Å². The second kappa shape index (κ2) is 7.34. The van der Waals surface area contributed by atoms with E-state index in [1.165, 1.54) is 0 Å². The lowest BCUT2D eigenvalue weighted by atomic mass is 10.1. The predicted molar refractivity (Wildman–Crippen MR) is 102 cm³/mol. The van der Waals surface area contributed by atoms with Crippen LogP contribution in [0.15, 0.2) is 48.5 Å². The summed E-state index contributed by atoms with van der Waals surface area (Å²) in [4.78, 5) is 26.5. The molecule has 1 aliphatic rings. The van der Waals surface area contributed by atoms with Gasteiger partial charge in [0.2, 0.25) is 0 Å². The molecule has 0 spiro atoms. The van der Waals surface area contributed by atoms with Gasteiger partial charge in [-0.05, 0) is 65.3 Å². The Morgan fingerprint density at radius 2 is 1.79 bits per heavy atom. The topological polar surface area (TPSA) is 49.4 Å². The number of nitrogens with zero attached hydrogens (tertiary/aromatic N) is 1. The summed E-state index contributed by atoms with van der Waals surface area (Å²) in [5.41, 5.74) is 2.42. The summed E-state index contributed by atoms with van der Waals surface area (Å²) in [6, 6.07) is 15.5. The smallest absolute Gasteiger partial charge is 0.255 e. The van der Waals surface area contributed by atoms with E-state index >= 15 is 0 Å². The zero-order chi connectivity index (χ0) is 17.1. The van der Waals surface area contributed by atoms with Crippen LogP contribution in [0.25, 0.3) is 0 Å². The van der Waals surface area contributed by atoms with E-state index in [1.807, 2.05) is 41.3 Å². The molecule has 2 amide bonds. The minimum absolute atomic E-state index is 0.0814. The number of nitrogens with one attached hydrogen (secondary N) is 1. The molecule has 0 saturated heterocycles. The molecule has 1 N–H and O–H groups in total. The molecule has 0 bridgehead atoms. The van der Waals surface area contributed by atoms with Crippen LogP contribution in [0, 0.1) is 3.57 Å². The third kappa shape index (κ3) is 3.77. The van der Waals surface area contributed by atoms with Gasteiger partial charge in [-0.3, -0.25) is 9.59 Å². The van der Waals surface area contributed by atoms with Crippen LogP contribution < -0.4 is 5.32 Å². The number of rotatable bonds is 5. The molecule has 2 aromatic carbocycles. The molecule has 1 aliphatic carbocycles. The SMILES string of the molecule is CNC(=O)c1ccc(CN(C(=O)c2ccccc2I)C2CC2)cc1. The maximum absolute atomic E-state index is 12.9. The Morgan fingerprint density at radius 1 is 1.12 bits per heavy atom. The monoisotopic (exact) mass is 434 g/mol. The molecule has 0 unspecified atom stereocenters. The lowest BCUT2D eigenvalue weighted by Crippen LogP contribution is -2.33. The van der Waals surface area contributed by atoms with E-state index in [0.29, 0.717) is 18.2 Å². The molecule has 124 valence electrons. The van der Waals surface area contributed by atoms with Crippen molar-refractivity contribution in [2.75, 3.05) is 7.05 Å². The second-order valence-corrected chi connectivity index (χ2v) is 7.08. The number of carbonyl (C=O) groups excluding carboxylic acids is 2. The first-order valence-corrected chi connectivity index (χ1v) is 9.04. The molecular weight excluding hydrogens is 415 g/mol. The molecule has 4 nitrogen and oxygen atoms in total. The minimum atomic E-state index is -0.101. The quantitative estimate of drug-likeness (QED) is 0.734. The summed E-state index contributed by atoms with van der Waals surface area (Å²) in [6.45, 7) is 0.572. The van der Waals surface area contributed by atoms with Crippen molar-refractivity contribution in [3.8, 4) is 0 Å². The summed E-state index contributed by atoms with van der Waals surface area (Å²) >= 11 is 2.21. The van der Waals surface area contributed by atoms with Crippen molar-refractivity contribution in [3.05, 3.63) is 68.8 Å². The average Bonchev–Trinajstić information content (AvgIpc) is 3.44. The van der Waals surface area contributed by atoms with Gasteiger partial charge < -0.3 is 10.2 Å². The van der Waals surface area contributed by atoms with E-state index in [0.717, 1.165) is 27.5 Å². The summed E-state index contributed by atoms with van der Waals surface area (Å²) in [5, 5.41) is 2.61. The minimum Gasteiger partial charge on any atom is -0.355 e. The zero-order valence-corrected chi connectivity index (χ0v) is 15.6. The van der Waals surface area contributed by atoms with Crippen molar-refractivity contribution in [3.63, 3.8) is 0 Å². The third-order valence-electron chi connectivity index (χ3n) is 4.15. The Hall–Kier alpha value is -1.89. The highest BCUT2D eigenvalue weighted by Crippen LogP contribution is 2.30. The van der Waals surface area contributed by atoms with Gasteiger partial charge in [0.25, 0.3) is 11.8 Å². The number of amides is 2. The number of hydrogen-bond donors (Lipinski definition) is 1.